The third-order valence-corrected chi connectivity index (χ3v) is 8.11. The number of fused-ring (bicyclic) bond motifs is 1. The summed E-state index contributed by atoms with van der Waals surface area (Å²) in [5.74, 6) is 0.489. The number of ether oxygens (including phenoxy) is 1. The smallest absolute Gasteiger partial charge is 0.303 e. The SMILES string of the molecule is CCC(=O)N(Cc1ccccc1C)CC(C)[C@@H]1CC[C@@H](C)[C@]2(O)C[C@@H](OC(C)=O)C(C)=C[C@H]12. The molecule has 1 aromatic rings. The summed E-state index contributed by atoms with van der Waals surface area (Å²) in [7, 11) is 0. The number of hydrogen-bond donors (Lipinski definition) is 1. The molecule has 0 saturated heterocycles. The van der Waals surface area contributed by atoms with Crippen LogP contribution in [0.1, 0.15) is 71.4 Å². The van der Waals surface area contributed by atoms with Crippen LogP contribution in [0, 0.1) is 30.6 Å². The first-order valence-corrected chi connectivity index (χ1v) is 12.5. The van der Waals surface area contributed by atoms with Crippen molar-refractivity contribution in [2.45, 2.75) is 85.5 Å². The summed E-state index contributed by atoms with van der Waals surface area (Å²) < 4.78 is 5.53. The normalized spacial score (nSPS) is 30.1. The fraction of sp³-hybridized carbons (Fsp3) is 0.643. The summed E-state index contributed by atoms with van der Waals surface area (Å²) in [4.78, 5) is 26.4. The standard InChI is InChI=1S/C28H41NO4/c1-7-27(31)29(17-23-11-9-8-10-18(23)2)16-20(4)24-13-12-21(5)28(32)15-26(33-22(6)30)19(3)14-25(24)28/h8-11,14,20-21,24-26,32H,7,12-13,15-17H2,1-6H3/t20?,21-,24+,25-,26-,28-/m1/s1. The molecule has 182 valence electrons. The van der Waals surface area contributed by atoms with Crippen LogP contribution < -0.4 is 0 Å². The lowest BCUT2D eigenvalue weighted by Crippen LogP contribution is -2.56. The summed E-state index contributed by atoms with van der Waals surface area (Å²) in [5, 5.41) is 11.8. The molecule has 0 aliphatic heterocycles. The maximum absolute atomic E-state index is 12.9. The van der Waals surface area contributed by atoms with Crippen LogP contribution in [0.15, 0.2) is 35.9 Å². The Kier molecular flexibility index (Phi) is 8.04. The lowest BCUT2D eigenvalue weighted by molar-refractivity contribution is -0.159. The van der Waals surface area contributed by atoms with Crippen molar-refractivity contribution >= 4 is 11.9 Å². The number of carbonyl (C=O) groups is 2. The van der Waals surface area contributed by atoms with Crippen LogP contribution in [0.4, 0.5) is 0 Å². The molecular formula is C28H41NO4. The third-order valence-electron chi connectivity index (χ3n) is 8.11. The molecule has 5 nitrogen and oxygen atoms in total. The monoisotopic (exact) mass is 455 g/mol. The molecule has 0 bridgehead atoms. The van der Waals surface area contributed by atoms with Crippen LogP contribution in [0.3, 0.4) is 0 Å². The number of rotatable bonds is 7. The Labute approximate surface area is 199 Å². The molecule has 1 N–H and O–H groups in total. The zero-order chi connectivity index (χ0) is 24.3. The maximum atomic E-state index is 12.9. The van der Waals surface area contributed by atoms with E-state index in [1.165, 1.54) is 18.1 Å². The quantitative estimate of drug-likeness (QED) is 0.462. The number of aryl methyl sites for hydroxylation is 1. The van der Waals surface area contributed by atoms with Gasteiger partial charge in [-0.25, -0.2) is 0 Å². The van der Waals surface area contributed by atoms with Gasteiger partial charge in [0.2, 0.25) is 5.91 Å². The average molecular weight is 456 g/mol. The second kappa shape index (κ2) is 10.4. The molecule has 1 unspecified atom stereocenters. The molecule has 6 atom stereocenters. The Morgan fingerprint density at radius 3 is 2.58 bits per heavy atom. The minimum absolute atomic E-state index is 0.0000909. The Hall–Kier alpha value is -2.14. The fourth-order valence-electron chi connectivity index (χ4n) is 5.95. The molecule has 1 amide bonds. The maximum Gasteiger partial charge on any atom is 0.303 e. The van der Waals surface area contributed by atoms with Gasteiger partial charge < -0.3 is 14.7 Å². The Bertz CT molecular complexity index is 894. The molecule has 1 fully saturated rings. The molecule has 0 heterocycles. The van der Waals surface area contributed by atoms with Gasteiger partial charge in [0.25, 0.3) is 0 Å². The summed E-state index contributed by atoms with van der Waals surface area (Å²) in [5.41, 5.74) is 2.50. The first-order valence-electron chi connectivity index (χ1n) is 12.5. The van der Waals surface area contributed by atoms with Crippen molar-refractivity contribution in [1.82, 2.24) is 4.90 Å². The van der Waals surface area contributed by atoms with E-state index < -0.39 is 5.60 Å². The van der Waals surface area contributed by atoms with Gasteiger partial charge in [-0.05, 0) is 61.1 Å². The van der Waals surface area contributed by atoms with Gasteiger partial charge in [-0.3, -0.25) is 9.59 Å². The largest absolute Gasteiger partial charge is 0.458 e. The highest BCUT2D eigenvalue weighted by Crippen LogP contribution is 2.51. The summed E-state index contributed by atoms with van der Waals surface area (Å²) in [6.45, 7) is 13.0. The number of benzene rings is 1. The molecule has 5 heteroatoms. The molecule has 2 aliphatic carbocycles. The highest BCUT2D eigenvalue weighted by Gasteiger charge is 2.52. The average Bonchev–Trinajstić information content (AvgIpc) is 2.76. The Morgan fingerprint density at radius 1 is 1.24 bits per heavy atom. The van der Waals surface area contributed by atoms with E-state index in [0.717, 1.165) is 18.4 Å². The van der Waals surface area contributed by atoms with Gasteiger partial charge in [0, 0.05) is 38.8 Å². The van der Waals surface area contributed by atoms with Crippen molar-refractivity contribution in [2.24, 2.45) is 23.7 Å². The second-order valence-electron chi connectivity index (χ2n) is 10.4. The fourth-order valence-corrected chi connectivity index (χ4v) is 5.95. The van der Waals surface area contributed by atoms with Gasteiger partial charge in [0.1, 0.15) is 6.10 Å². The van der Waals surface area contributed by atoms with Crippen molar-refractivity contribution in [1.29, 1.82) is 0 Å². The number of hydrogen-bond acceptors (Lipinski definition) is 4. The molecular weight excluding hydrogens is 414 g/mol. The zero-order valence-electron chi connectivity index (χ0n) is 21.1. The summed E-state index contributed by atoms with van der Waals surface area (Å²) in [6.07, 6.45) is 4.68. The van der Waals surface area contributed by atoms with Gasteiger partial charge in [-0.1, -0.05) is 51.1 Å². The van der Waals surface area contributed by atoms with Crippen LogP contribution in [-0.4, -0.2) is 40.1 Å². The van der Waals surface area contributed by atoms with E-state index in [2.05, 4.69) is 39.0 Å². The van der Waals surface area contributed by atoms with E-state index in [0.29, 0.717) is 25.9 Å². The van der Waals surface area contributed by atoms with E-state index in [1.807, 2.05) is 30.9 Å². The van der Waals surface area contributed by atoms with Gasteiger partial charge in [-0.2, -0.15) is 0 Å². The molecule has 1 aromatic carbocycles. The van der Waals surface area contributed by atoms with Gasteiger partial charge in [0.15, 0.2) is 0 Å². The minimum Gasteiger partial charge on any atom is -0.458 e. The molecule has 33 heavy (non-hydrogen) atoms. The van der Waals surface area contributed by atoms with E-state index >= 15 is 0 Å². The van der Waals surface area contributed by atoms with E-state index in [4.69, 9.17) is 4.74 Å². The van der Waals surface area contributed by atoms with Crippen molar-refractivity contribution in [3.63, 3.8) is 0 Å². The molecule has 2 aliphatic rings. The van der Waals surface area contributed by atoms with E-state index in [-0.39, 0.29) is 41.7 Å². The molecule has 3 rings (SSSR count). The van der Waals surface area contributed by atoms with Crippen LogP contribution >= 0.6 is 0 Å². The highest BCUT2D eigenvalue weighted by atomic mass is 16.5. The minimum atomic E-state index is -0.896. The van der Waals surface area contributed by atoms with E-state index in [9.17, 15) is 14.7 Å². The lowest BCUT2D eigenvalue weighted by Gasteiger charge is -2.53. The van der Waals surface area contributed by atoms with Crippen LogP contribution in [-0.2, 0) is 20.9 Å². The van der Waals surface area contributed by atoms with Crippen molar-refractivity contribution in [3.8, 4) is 0 Å². The number of aliphatic hydroxyl groups is 1. The van der Waals surface area contributed by atoms with E-state index in [1.54, 1.807) is 0 Å². The van der Waals surface area contributed by atoms with Crippen LogP contribution in [0.25, 0.3) is 0 Å². The summed E-state index contributed by atoms with van der Waals surface area (Å²) >= 11 is 0. The number of amides is 1. The molecule has 0 spiro atoms. The van der Waals surface area contributed by atoms with Crippen molar-refractivity contribution in [2.75, 3.05) is 6.54 Å². The van der Waals surface area contributed by atoms with Crippen LogP contribution in [0.5, 0.6) is 0 Å². The van der Waals surface area contributed by atoms with Crippen molar-refractivity contribution in [3.05, 3.63) is 47.0 Å². The first kappa shape index (κ1) is 25.5. The Balaban J connectivity index is 1.83. The topological polar surface area (TPSA) is 66.8 Å². The Morgan fingerprint density at radius 2 is 1.94 bits per heavy atom. The number of nitrogens with zero attached hydrogens (tertiary/aromatic N) is 1. The molecule has 1 saturated carbocycles. The lowest BCUT2D eigenvalue weighted by atomic mass is 9.57. The number of carbonyl (C=O) groups excluding carboxylic acids is 2. The first-order chi connectivity index (χ1) is 15.6. The highest BCUT2D eigenvalue weighted by molar-refractivity contribution is 5.75. The third kappa shape index (κ3) is 5.51. The number of esters is 1. The predicted octanol–water partition coefficient (Wildman–Crippen LogP) is 5.04. The zero-order valence-corrected chi connectivity index (χ0v) is 21.1. The second-order valence-corrected chi connectivity index (χ2v) is 10.4. The van der Waals surface area contributed by atoms with Gasteiger partial charge >= 0.3 is 5.97 Å². The molecule has 0 radical (unpaired) electrons. The summed E-state index contributed by atoms with van der Waals surface area (Å²) in [6, 6.07) is 8.24. The van der Waals surface area contributed by atoms with Crippen molar-refractivity contribution < 1.29 is 19.4 Å². The van der Waals surface area contributed by atoms with Gasteiger partial charge in [-0.15, -0.1) is 0 Å². The van der Waals surface area contributed by atoms with Gasteiger partial charge in [0.05, 0.1) is 5.60 Å². The molecule has 0 aromatic heterocycles. The predicted molar refractivity (Wildman–Crippen MR) is 130 cm³/mol. The van der Waals surface area contributed by atoms with Crippen LogP contribution in [0.2, 0.25) is 0 Å².